The molecule has 1 heterocycles. The van der Waals surface area contributed by atoms with Gasteiger partial charge in [-0.2, -0.15) is 0 Å². The summed E-state index contributed by atoms with van der Waals surface area (Å²) in [6, 6.07) is 0. The van der Waals surface area contributed by atoms with E-state index in [0.29, 0.717) is 6.61 Å². The van der Waals surface area contributed by atoms with Crippen LogP contribution in [0.15, 0.2) is 12.2 Å². The molecule has 0 aromatic carbocycles. The zero-order valence-corrected chi connectivity index (χ0v) is 15.1. The van der Waals surface area contributed by atoms with Crippen molar-refractivity contribution in [2.24, 2.45) is 0 Å². The molecule has 1 rings (SSSR count). The topological polar surface area (TPSA) is 79.2 Å². The van der Waals surface area contributed by atoms with Crippen LogP contribution in [0, 0.1) is 0 Å². The molecule has 0 amide bonds. The van der Waals surface area contributed by atoms with Crippen LogP contribution in [-0.4, -0.2) is 59.6 Å². The average molecular weight is 344 g/mol. The van der Waals surface area contributed by atoms with Gasteiger partial charge in [0.25, 0.3) is 0 Å². The molecule has 0 radical (unpaired) electrons. The maximum absolute atomic E-state index is 9.78. The summed E-state index contributed by atoms with van der Waals surface area (Å²) in [6.07, 6.45) is 11.7. The fourth-order valence-corrected chi connectivity index (χ4v) is 2.85. The molecule has 0 unspecified atom stereocenters. The summed E-state index contributed by atoms with van der Waals surface area (Å²) < 4.78 is 10.8. The van der Waals surface area contributed by atoms with E-state index in [0.717, 1.165) is 19.3 Å². The lowest BCUT2D eigenvalue weighted by atomic mass is 10.0. The number of hydrogen-bond acceptors (Lipinski definition) is 5. The third-order valence-corrected chi connectivity index (χ3v) is 4.45. The fourth-order valence-electron chi connectivity index (χ4n) is 2.85. The van der Waals surface area contributed by atoms with E-state index in [1.54, 1.807) is 0 Å². The standard InChI is InChI=1S/C19H36O5/c1-2-3-4-5-6-7-8-9-10-11-12-13-23-15-17-19(22)18(21)16(20)14-24-17/h3-4,16-22H,2,5-15H2,1H3/b4-3+/t16-,17+,18+,19+/m1/s1. The van der Waals surface area contributed by atoms with Gasteiger partial charge in [-0.25, -0.2) is 0 Å². The molecule has 0 aromatic rings. The monoisotopic (exact) mass is 344 g/mol. The van der Waals surface area contributed by atoms with Gasteiger partial charge in [-0.1, -0.05) is 51.2 Å². The van der Waals surface area contributed by atoms with Gasteiger partial charge < -0.3 is 24.8 Å². The highest BCUT2D eigenvalue weighted by atomic mass is 16.6. The maximum atomic E-state index is 9.78. The second kappa shape index (κ2) is 13.8. The molecule has 24 heavy (non-hydrogen) atoms. The predicted molar refractivity (Wildman–Crippen MR) is 94.9 cm³/mol. The van der Waals surface area contributed by atoms with Crippen LogP contribution in [0.1, 0.15) is 64.7 Å². The first-order valence-electron chi connectivity index (χ1n) is 9.55. The lowest BCUT2D eigenvalue weighted by Crippen LogP contribution is -2.54. The van der Waals surface area contributed by atoms with Gasteiger partial charge in [-0.05, 0) is 25.7 Å². The highest BCUT2D eigenvalue weighted by molar-refractivity contribution is 4.86. The molecule has 3 N–H and O–H groups in total. The van der Waals surface area contributed by atoms with E-state index in [1.165, 1.54) is 38.5 Å². The number of unbranched alkanes of at least 4 members (excludes halogenated alkanes) is 7. The summed E-state index contributed by atoms with van der Waals surface area (Å²) >= 11 is 0. The van der Waals surface area contributed by atoms with Crippen molar-refractivity contribution in [2.75, 3.05) is 19.8 Å². The molecular formula is C19H36O5. The Balaban J connectivity index is 1.86. The quantitative estimate of drug-likeness (QED) is 0.353. The smallest absolute Gasteiger partial charge is 0.111 e. The predicted octanol–water partition coefficient (Wildman–Crippen LogP) is 2.57. The summed E-state index contributed by atoms with van der Waals surface area (Å²) in [6.45, 7) is 3.11. The summed E-state index contributed by atoms with van der Waals surface area (Å²) in [5.74, 6) is 0. The van der Waals surface area contributed by atoms with Gasteiger partial charge in [-0.3, -0.25) is 0 Å². The van der Waals surface area contributed by atoms with Crippen molar-refractivity contribution in [3.05, 3.63) is 12.2 Å². The first kappa shape index (κ1) is 21.6. The van der Waals surface area contributed by atoms with Gasteiger partial charge in [0.2, 0.25) is 0 Å². The molecule has 5 heteroatoms. The average Bonchev–Trinajstić information content (AvgIpc) is 2.58. The second-order valence-electron chi connectivity index (χ2n) is 6.64. The van der Waals surface area contributed by atoms with Crippen LogP contribution in [-0.2, 0) is 9.47 Å². The van der Waals surface area contributed by atoms with Gasteiger partial charge in [-0.15, -0.1) is 0 Å². The van der Waals surface area contributed by atoms with Gasteiger partial charge >= 0.3 is 0 Å². The lowest BCUT2D eigenvalue weighted by molar-refractivity contribution is -0.199. The van der Waals surface area contributed by atoms with E-state index in [4.69, 9.17) is 9.47 Å². The first-order chi connectivity index (χ1) is 11.7. The van der Waals surface area contributed by atoms with Crippen LogP contribution in [0.2, 0.25) is 0 Å². The number of hydrogen-bond donors (Lipinski definition) is 3. The van der Waals surface area contributed by atoms with E-state index in [1.807, 2.05) is 0 Å². The highest BCUT2D eigenvalue weighted by Gasteiger charge is 2.37. The van der Waals surface area contributed by atoms with Crippen LogP contribution in [0.25, 0.3) is 0 Å². The third-order valence-electron chi connectivity index (χ3n) is 4.45. The van der Waals surface area contributed by atoms with Crippen LogP contribution < -0.4 is 0 Å². The van der Waals surface area contributed by atoms with Crippen molar-refractivity contribution in [1.29, 1.82) is 0 Å². The van der Waals surface area contributed by atoms with E-state index in [-0.39, 0.29) is 13.2 Å². The molecule has 0 bridgehead atoms. The number of allylic oxidation sites excluding steroid dienone is 2. The molecule has 142 valence electrons. The van der Waals surface area contributed by atoms with Gasteiger partial charge in [0.15, 0.2) is 0 Å². The fraction of sp³-hybridized carbons (Fsp3) is 0.895. The van der Waals surface area contributed by atoms with Crippen molar-refractivity contribution in [3.63, 3.8) is 0 Å². The molecule has 1 saturated heterocycles. The van der Waals surface area contributed by atoms with Crippen LogP contribution in [0.3, 0.4) is 0 Å². The van der Waals surface area contributed by atoms with Gasteiger partial charge in [0, 0.05) is 6.61 Å². The number of aliphatic hydroxyl groups is 3. The Morgan fingerprint density at radius 3 is 2.29 bits per heavy atom. The Hall–Kier alpha value is -0.460. The number of aliphatic hydroxyl groups excluding tert-OH is 3. The SMILES string of the molecule is CC/C=C/CCCCCCCCCOC[C@@H]1OC[C@@H](O)[C@H](O)[C@H]1O. The third kappa shape index (κ3) is 9.14. The van der Waals surface area contributed by atoms with Crippen LogP contribution >= 0.6 is 0 Å². The van der Waals surface area contributed by atoms with E-state index in [2.05, 4.69) is 19.1 Å². The molecule has 1 aliphatic rings. The summed E-state index contributed by atoms with van der Waals surface area (Å²) in [5.41, 5.74) is 0. The molecule has 0 aliphatic carbocycles. The minimum atomic E-state index is -1.15. The molecule has 1 aliphatic heterocycles. The summed E-state index contributed by atoms with van der Waals surface area (Å²) in [7, 11) is 0. The highest BCUT2D eigenvalue weighted by Crippen LogP contribution is 2.16. The van der Waals surface area contributed by atoms with Crippen LogP contribution in [0.5, 0.6) is 0 Å². The molecule has 5 nitrogen and oxygen atoms in total. The second-order valence-corrected chi connectivity index (χ2v) is 6.64. The normalized spacial score (nSPS) is 27.8. The van der Waals surface area contributed by atoms with E-state index < -0.39 is 24.4 Å². The van der Waals surface area contributed by atoms with Crippen molar-refractivity contribution < 1.29 is 24.8 Å². The minimum absolute atomic E-state index is 0.0422. The van der Waals surface area contributed by atoms with E-state index in [9.17, 15) is 15.3 Å². The Kier molecular flexibility index (Phi) is 12.4. The van der Waals surface area contributed by atoms with E-state index >= 15 is 0 Å². The molecule has 4 atom stereocenters. The molecule has 0 aromatic heterocycles. The first-order valence-corrected chi connectivity index (χ1v) is 9.55. The zero-order chi connectivity index (χ0) is 17.6. The summed E-state index contributed by atoms with van der Waals surface area (Å²) in [5, 5.41) is 28.7. The number of ether oxygens (including phenoxy) is 2. The lowest BCUT2D eigenvalue weighted by Gasteiger charge is -2.35. The Morgan fingerprint density at radius 2 is 1.58 bits per heavy atom. The minimum Gasteiger partial charge on any atom is -0.388 e. The van der Waals surface area contributed by atoms with Crippen LogP contribution in [0.4, 0.5) is 0 Å². The summed E-state index contributed by atoms with van der Waals surface area (Å²) in [4.78, 5) is 0. The Morgan fingerprint density at radius 1 is 0.917 bits per heavy atom. The Labute approximate surface area is 146 Å². The maximum Gasteiger partial charge on any atom is 0.111 e. The van der Waals surface area contributed by atoms with Crippen molar-refractivity contribution in [1.82, 2.24) is 0 Å². The van der Waals surface area contributed by atoms with Crippen molar-refractivity contribution in [3.8, 4) is 0 Å². The van der Waals surface area contributed by atoms with Crippen molar-refractivity contribution in [2.45, 2.75) is 89.1 Å². The molecule has 0 spiro atoms. The number of rotatable bonds is 13. The Bertz CT molecular complexity index is 321. The van der Waals surface area contributed by atoms with Crippen molar-refractivity contribution >= 4 is 0 Å². The van der Waals surface area contributed by atoms with Gasteiger partial charge in [0.1, 0.15) is 24.4 Å². The van der Waals surface area contributed by atoms with Gasteiger partial charge in [0.05, 0.1) is 13.2 Å². The largest absolute Gasteiger partial charge is 0.388 e. The molecule has 0 saturated carbocycles. The molecule has 1 fully saturated rings. The zero-order valence-electron chi connectivity index (χ0n) is 15.1. The molecular weight excluding hydrogens is 308 g/mol.